The number of nitrogens with zero attached hydrogens (tertiary/aromatic N) is 1. The van der Waals surface area contributed by atoms with Crippen molar-refractivity contribution < 1.29 is 38.8 Å². The van der Waals surface area contributed by atoms with Crippen LogP contribution in [0.25, 0.3) is 0 Å². The van der Waals surface area contributed by atoms with Crippen LogP contribution in [-0.4, -0.2) is 73.1 Å². The fourth-order valence-corrected chi connectivity index (χ4v) is 2.23. The van der Waals surface area contributed by atoms with E-state index in [9.17, 15) is 20.0 Å². The number of hydrogen-bond acceptors (Lipinski definition) is 9. The van der Waals surface area contributed by atoms with E-state index in [1.807, 2.05) is 0 Å². The van der Waals surface area contributed by atoms with Crippen LogP contribution in [0.5, 0.6) is 0 Å². The third-order valence-electron chi connectivity index (χ3n) is 3.10. The van der Waals surface area contributed by atoms with Crippen molar-refractivity contribution in [3.63, 3.8) is 0 Å². The monoisotopic (exact) mass is 307 g/mol. The van der Waals surface area contributed by atoms with E-state index in [2.05, 4.69) is 4.84 Å². The highest BCUT2D eigenvalue weighted by Gasteiger charge is 2.48. The fraction of sp³-hybridized carbons (Fsp3) is 0.909. The van der Waals surface area contributed by atoms with Gasteiger partial charge in [0.2, 0.25) is 0 Å². The number of esters is 1. The number of carbonyl (C=O) groups is 1. The molecule has 0 aromatic heterocycles. The van der Waals surface area contributed by atoms with Gasteiger partial charge in [0.1, 0.15) is 31.0 Å². The lowest BCUT2D eigenvalue weighted by atomic mass is 10.1. The molecule has 0 spiro atoms. The molecular formula is C11H17NO9. The number of fused-ring (bicyclic) bond motifs is 1. The van der Waals surface area contributed by atoms with Gasteiger partial charge in [-0.25, -0.2) is 4.79 Å². The van der Waals surface area contributed by atoms with Crippen LogP contribution in [0.15, 0.2) is 0 Å². The van der Waals surface area contributed by atoms with Crippen LogP contribution in [0.3, 0.4) is 0 Å². The minimum atomic E-state index is -0.926. The van der Waals surface area contributed by atoms with E-state index in [0.29, 0.717) is 0 Å². The summed E-state index contributed by atoms with van der Waals surface area (Å²) in [5.41, 5.74) is 0. The number of ether oxygens (including phenoxy) is 4. The van der Waals surface area contributed by atoms with E-state index in [4.69, 9.17) is 18.9 Å². The molecule has 0 bridgehead atoms. The Kier molecular flexibility index (Phi) is 5.28. The molecule has 5 atom stereocenters. The molecule has 2 aliphatic heterocycles. The van der Waals surface area contributed by atoms with Gasteiger partial charge >= 0.3 is 5.97 Å². The van der Waals surface area contributed by atoms with Crippen LogP contribution in [-0.2, 0) is 28.6 Å². The molecule has 2 aliphatic rings. The van der Waals surface area contributed by atoms with Crippen LogP contribution in [0.1, 0.15) is 6.92 Å². The van der Waals surface area contributed by atoms with Gasteiger partial charge in [-0.2, -0.15) is 0 Å². The maximum Gasteiger partial charge on any atom is 0.332 e. The fourth-order valence-electron chi connectivity index (χ4n) is 2.23. The zero-order valence-corrected chi connectivity index (χ0v) is 11.4. The minimum absolute atomic E-state index is 0.113. The lowest BCUT2D eigenvalue weighted by molar-refractivity contribution is -0.768. The van der Waals surface area contributed by atoms with Gasteiger partial charge in [0.15, 0.2) is 6.10 Å². The third kappa shape index (κ3) is 4.24. The van der Waals surface area contributed by atoms with Gasteiger partial charge < -0.3 is 28.9 Å². The first-order valence-electron chi connectivity index (χ1n) is 6.47. The predicted molar refractivity (Wildman–Crippen MR) is 63.7 cm³/mol. The Morgan fingerprint density at radius 1 is 1.43 bits per heavy atom. The van der Waals surface area contributed by atoms with Gasteiger partial charge in [-0.3, -0.25) is 0 Å². The topological polar surface area (TPSA) is 127 Å². The van der Waals surface area contributed by atoms with Gasteiger partial charge in [-0.05, 0) is 6.92 Å². The summed E-state index contributed by atoms with van der Waals surface area (Å²) in [5.74, 6) is -0.637. The number of carbonyl (C=O) groups excluding carboxylic acids is 1. The van der Waals surface area contributed by atoms with Crippen LogP contribution >= 0.6 is 0 Å². The first kappa shape index (κ1) is 15.9. The summed E-state index contributed by atoms with van der Waals surface area (Å²) in [4.78, 5) is 25.8. The number of aliphatic hydroxyl groups is 1. The Balaban J connectivity index is 1.65. The van der Waals surface area contributed by atoms with Crippen LogP contribution in [0.2, 0.25) is 0 Å². The van der Waals surface area contributed by atoms with Crippen molar-refractivity contribution in [1.82, 2.24) is 0 Å². The highest BCUT2D eigenvalue weighted by atomic mass is 17.0. The SMILES string of the molecule is CC(COCC(=O)O[C@@H]1CO[C@H]2[C@@H]1OC[C@H]2O)O[N+](=O)[O-]. The molecule has 0 aromatic carbocycles. The predicted octanol–water partition coefficient (Wildman–Crippen LogP) is -1.33. The summed E-state index contributed by atoms with van der Waals surface area (Å²) in [7, 11) is 0. The first-order chi connectivity index (χ1) is 9.97. The van der Waals surface area contributed by atoms with E-state index < -0.39 is 41.6 Å². The lowest BCUT2D eigenvalue weighted by Crippen LogP contribution is -2.35. The lowest BCUT2D eigenvalue weighted by Gasteiger charge is -2.17. The average molecular weight is 307 g/mol. The number of aliphatic hydroxyl groups excluding tert-OH is 1. The smallest absolute Gasteiger partial charge is 0.332 e. The Morgan fingerprint density at radius 2 is 2.14 bits per heavy atom. The highest BCUT2D eigenvalue weighted by Crippen LogP contribution is 2.28. The molecule has 2 fully saturated rings. The molecule has 0 radical (unpaired) electrons. The summed E-state index contributed by atoms with van der Waals surface area (Å²) in [6.07, 6.45) is -3.02. The van der Waals surface area contributed by atoms with Crippen molar-refractivity contribution >= 4 is 5.97 Å². The Bertz CT molecular complexity index is 390. The zero-order chi connectivity index (χ0) is 15.4. The standard InChI is InChI=1S/C11H17NO9/c1-6(21-12(15)16)2-17-5-9(14)20-8-4-19-10-7(13)3-18-11(8)10/h6-8,10-11,13H,2-5H2,1H3/t6?,7-,8-,10-,11-/m1/s1. The van der Waals surface area contributed by atoms with E-state index in [-0.39, 0.29) is 26.4 Å². The molecule has 21 heavy (non-hydrogen) atoms. The summed E-state index contributed by atoms with van der Waals surface area (Å²) in [6.45, 7) is 1.27. The van der Waals surface area contributed by atoms with E-state index in [1.54, 1.807) is 0 Å². The first-order valence-corrected chi connectivity index (χ1v) is 6.47. The average Bonchev–Trinajstić information content (AvgIpc) is 2.93. The number of rotatable bonds is 7. The second-order valence-electron chi connectivity index (χ2n) is 4.85. The quantitative estimate of drug-likeness (QED) is 0.345. The Hall–Kier alpha value is -1.49. The molecule has 0 amide bonds. The molecule has 2 saturated heterocycles. The summed E-state index contributed by atoms with van der Waals surface area (Å²) < 4.78 is 20.7. The molecule has 1 unspecified atom stereocenters. The summed E-state index contributed by atoms with van der Waals surface area (Å²) in [5, 5.41) is 18.7. The maximum absolute atomic E-state index is 11.6. The normalized spacial score (nSPS) is 32.5. The van der Waals surface area contributed by atoms with Gasteiger partial charge in [-0.15, -0.1) is 10.1 Å². The molecular weight excluding hydrogens is 290 g/mol. The largest absolute Gasteiger partial charge is 0.455 e. The van der Waals surface area contributed by atoms with Crippen LogP contribution in [0, 0.1) is 10.1 Å². The molecule has 0 aromatic rings. The van der Waals surface area contributed by atoms with E-state index in [1.165, 1.54) is 6.92 Å². The second-order valence-corrected chi connectivity index (χ2v) is 4.85. The van der Waals surface area contributed by atoms with Crippen LogP contribution in [0.4, 0.5) is 0 Å². The van der Waals surface area contributed by atoms with Crippen molar-refractivity contribution in [2.75, 3.05) is 26.4 Å². The Labute approximate surface area is 120 Å². The van der Waals surface area contributed by atoms with Crippen molar-refractivity contribution in [2.45, 2.75) is 37.4 Å². The Morgan fingerprint density at radius 3 is 2.86 bits per heavy atom. The van der Waals surface area contributed by atoms with Gasteiger partial charge in [0, 0.05) is 0 Å². The molecule has 2 rings (SSSR count). The summed E-state index contributed by atoms with van der Waals surface area (Å²) in [6, 6.07) is 0. The second kappa shape index (κ2) is 6.98. The minimum Gasteiger partial charge on any atom is -0.455 e. The molecule has 2 heterocycles. The maximum atomic E-state index is 11.6. The van der Waals surface area contributed by atoms with Crippen LogP contribution < -0.4 is 0 Å². The van der Waals surface area contributed by atoms with Gasteiger partial charge in [-0.1, -0.05) is 0 Å². The molecule has 10 heteroatoms. The summed E-state index contributed by atoms with van der Waals surface area (Å²) >= 11 is 0. The van der Waals surface area contributed by atoms with Gasteiger partial charge in [0.05, 0.1) is 19.8 Å². The number of hydrogen-bond donors (Lipinski definition) is 1. The van der Waals surface area contributed by atoms with E-state index in [0.717, 1.165) is 0 Å². The molecule has 0 saturated carbocycles. The van der Waals surface area contributed by atoms with Crippen molar-refractivity contribution in [2.24, 2.45) is 0 Å². The molecule has 10 nitrogen and oxygen atoms in total. The highest BCUT2D eigenvalue weighted by molar-refractivity contribution is 5.71. The zero-order valence-electron chi connectivity index (χ0n) is 11.4. The molecule has 0 aliphatic carbocycles. The molecule has 1 N–H and O–H groups in total. The van der Waals surface area contributed by atoms with Gasteiger partial charge in [0.25, 0.3) is 5.09 Å². The van der Waals surface area contributed by atoms with Crippen molar-refractivity contribution in [3.05, 3.63) is 10.1 Å². The third-order valence-corrected chi connectivity index (χ3v) is 3.10. The van der Waals surface area contributed by atoms with Crippen molar-refractivity contribution in [3.8, 4) is 0 Å². The van der Waals surface area contributed by atoms with Crippen molar-refractivity contribution in [1.29, 1.82) is 0 Å². The van der Waals surface area contributed by atoms with E-state index >= 15 is 0 Å². The molecule has 120 valence electrons.